The highest BCUT2D eigenvalue weighted by atomic mass is 32.1. The predicted molar refractivity (Wildman–Crippen MR) is 71.0 cm³/mol. The van der Waals surface area contributed by atoms with E-state index in [-0.39, 0.29) is 5.91 Å². The lowest BCUT2D eigenvalue weighted by molar-refractivity contribution is -0.121. The molecular formula is C13H20N2OS. The van der Waals surface area contributed by atoms with E-state index < -0.39 is 0 Å². The first-order chi connectivity index (χ1) is 8.34. The smallest absolute Gasteiger partial charge is 0.220 e. The lowest BCUT2D eigenvalue weighted by Crippen LogP contribution is -2.31. The van der Waals surface area contributed by atoms with Crippen molar-refractivity contribution >= 4 is 17.2 Å². The Morgan fingerprint density at radius 2 is 2.53 bits per heavy atom. The Kier molecular flexibility index (Phi) is 5.01. The topological polar surface area (TPSA) is 41.1 Å². The fourth-order valence-corrected chi connectivity index (χ4v) is 2.86. The molecule has 1 aliphatic heterocycles. The highest BCUT2D eigenvalue weighted by Gasteiger charge is 2.14. The largest absolute Gasteiger partial charge is 0.352 e. The van der Waals surface area contributed by atoms with Crippen molar-refractivity contribution in [3.05, 3.63) is 22.4 Å². The molecule has 0 saturated carbocycles. The van der Waals surface area contributed by atoms with Crippen LogP contribution in [0.4, 0.5) is 0 Å². The van der Waals surface area contributed by atoms with Crippen LogP contribution in [0.25, 0.3) is 0 Å². The van der Waals surface area contributed by atoms with Crippen LogP contribution < -0.4 is 10.6 Å². The van der Waals surface area contributed by atoms with Crippen LogP contribution >= 0.6 is 11.3 Å². The first-order valence-corrected chi connectivity index (χ1v) is 7.27. The van der Waals surface area contributed by atoms with Crippen LogP contribution in [0.2, 0.25) is 0 Å². The summed E-state index contributed by atoms with van der Waals surface area (Å²) < 4.78 is 0. The van der Waals surface area contributed by atoms with Crippen LogP contribution in [0.15, 0.2) is 16.8 Å². The van der Waals surface area contributed by atoms with Gasteiger partial charge in [-0.15, -0.1) is 0 Å². The number of carbonyl (C=O) groups is 1. The Labute approximate surface area is 107 Å². The summed E-state index contributed by atoms with van der Waals surface area (Å²) in [6, 6.07) is 2.05. The lowest BCUT2D eigenvalue weighted by Gasteiger charge is -2.22. The highest BCUT2D eigenvalue weighted by Crippen LogP contribution is 2.15. The second kappa shape index (κ2) is 6.77. The average molecular weight is 252 g/mol. The van der Waals surface area contributed by atoms with E-state index in [1.54, 1.807) is 11.3 Å². The van der Waals surface area contributed by atoms with E-state index in [1.165, 1.54) is 18.4 Å². The fourth-order valence-electron chi connectivity index (χ4n) is 2.19. The molecule has 1 fully saturated rings. The van der Waals surface area contributed by atoms with E-state index in [0.29, 0.717) is 18.9 Å². The number of amides is 1. The summed E-state index contributed by atoms with van der Waals surface area (Å²) >= 11 is 1.67. The molecule has 1 saturated heterocycles. The molecular weight excluding hydrogens is 232 g/mol. The molecule has 1 aromatic rings. The molecule has 1 aromatic heterocycles. The van der Waals surface area contributed by atoms with Crippen molar-refractivity contribution in [3.8, 4) is 0 Å². The zero-order valence-electron chi connectivity index (χ0n) is 10.1. The molecule has 1 atom stereocenters. The average Bonchev–Trinajstić information content (AvgIpc) is 2.88. The van der Waals surface area contributed by atoms with Gasteiger partial charge in [0.2, 0.25) is 5.91 Å². The summed E-state index contributed by atoms with van der Waals surface area (Å²) in [5.41, 5.74) is 1.20. The van der Waals surface area contributed by atoms with Gasteiger partial charge in [-0.05, 0) is 60.7 Å². The standard InChI is InChI=1S/C13H20N2OS/c16-13(15-9-12-5-7-17-10-12)4-3-11-2-1-6-14-8-11/h5,7,10-11,14H,1-4,6,8-9H2,(H,15,16). The van der Waals surface area contributed by atoms with Gasteiger partial charge in [0.05, 0.1) is 0 Å². The Hall–Kier alpha value is -0.870. The summed E-state index contributed by atoms with van der Waals surface area (Å²) in [6.45, 7) is 2.89. The van der Waals surface area contributed by atoms with Gasteiger partial charge < -0.3 is 10.6 Å². The molecule has 2 rings (SSSR count). The molecule has 0 aromatic carbocycles. The minimum atomic E-state index is 0.182. The molecule has 1 unspecified atom stereocenters. The minimum absolute atomic E-state index is 0.182. The molecule has 0 aliphatic carbocycles. The first-order valence-electron chi connectivity index (χ1n) is 6.33. The van der Waals surface area contributed by atoms with E-state index in [0.717, 1.165) is 19.5 Å². The van der Waals surface area contributed by atoms with Crippen molar-refractivity contribution in [1.82, 2.24) is 10.6 Å². The van der Waals surface area contributed by atoms with E-state index in [2.05, 4.69) is 22.1 Å². The SMILES string of the molecule is O=C(CCC1CCCNC1)NCc1ccsc1. The van der Waals surface area contributed by atoms with Crippen molar-refractivity contribution in [2.45, 2.75) is 32.2 Å². The summed E-state index contributed by atoms with van der Waals surface area (Å²) in [5, 5.41) is 10.5. The third kappa shape index (κ3) is 4.48. The van der Waals surface area contributed by atoms with Crippen LogP contribution in [0.1, 0.15) is 31.2 Å². The van der Waals surface area contributed by atoms with Gasteiger partial charge in [0.15, 0.2) is 0 Å². The minimum Gasteiger partial charge on any atom is -0.352 e. The first kappa shape index (κ1) is 12.6. The Morgan fingerprint density at radius 1 is 1.59 bits per heavy atom. The zero-order chi connectivity index (χ0) is 11.9. The molecule has 0 spiro atoms. The summed E-state index contributed by atoms with van der Waals surface area (Å²) in [6.07, 6.45) is 4.20. The van der Waals surface area contributed by atoms with Gasteiger partial charge in [-0.3, -0.25) is 4.79 Å². The van der Waals surface area contributed by atoms with Gasteiger partial charge in [0.1, 0.15) is 0 Å². The van der Waals surface area contributed by atoms with Gasteiger partial charge in [0, 0.05) is 13.0 Å². The van der Waals surface area contributed by atoms with Crippen molar-refractivity contribution in [3.63, 3.8) is 0 Å². The van der Waals surface area contributed by atoms with Crippen LogP contribution in [0, 0.1) is 5.92 Å². The van der Waals surface area contributed by atoms with E-state index in [4.69, 9.17) is 0 Å². The third-order valence-electron chi connectivity index (χ3n) is 3.25. The number of nitrogens with one attached hydrogen (secondary N) is 2. The number of carbonyl (C=O) groups excluding carboxylic acids is 1. The van der Waals surface area contributed by atoms with Crippen molar-refractivity contribution in [2.75, 3.05) is 13.1 Å². The molecule has 2 N–H and O–H groups in total. The van der Waals surface area contributed by atoms with Crippen molar-refractivity contribution in [1.29, 1.82) is 0 Å². The zero-order valence-corrected chi connectivity index (χ0v) is 10.9. The summed E-state index contributed by atoms with van der Waals surface area (Å²) in [4.78, 5) is 11.7. The van der Waals surface area contributed by atoms with Crippen molar-refractivity contribution in [2.24, 2.45) is 5.92 Å². The molecule has 1 amide bonds. The highest BCUT2D eigenvalue weighted by molar-refractivity contribution is 7.07. The fraction of sp³-hybridized carbons (Fsp3) is 0.615. The van der Waals surface area contributed by atoms with Gasteiger partial charge >= 0.3 is 0 Å². The maximum Gasteiger partial charge on any atom is 0.220 e. The van der Waals surface area contributed by atoms with Crippen LogP contribution in [0.5, 0.6) is 0 Å². The van der Waals surface area contributed by atoms with Crippen LogP contribution in [-0.2, 0) is 11.3 Å². The van der Waals surface area contributed by atoms with Crippen LogP contribution in [0.3, 0.4) is 0 Å². The number of hydrogen-bond acceptors (Lipinski definition) is 3. The Morgan fingerprint density at radius 3 is 3.24 bits per heavy atom. The maximum atomic E-state index is 11.7. The van der Waals surface area contributed by atoms with Crippen LogP contribution in [-0.4, -0.2) is 19.0 Å². The quantitative estimate of drug-likeness (QED) is 0.843. The molecule has 94 valence electrons. The normalized spacial score (nSPS) is 20.1. The molecule has 17 heavy (non-hydrogen) atoms. The van der Waals surface area contributed by atoms with Crippen molar-refractivity contribution < 1.29 is 4.79 Å². The van der Waals surface area contributed by atoms with Gasteiger partial charge in [0.25, 0.3) is 0 Å². The lowest BCUT2D eigenvalue weighted by atomic mass is 9.94. The molecule has 2 heterocycles. The molecule has 3 nitrogen and oxygen atoms in total. The van der Waals surface area contributed by atoms with Gasteiger partial charge in [-0.1, -0.05) is 0 Å². The van der Waals surface area contributed by atoms with Gasteiger partial charge in [-0.2, -0.15) is 11.3 Å². The summed E-state index contributed by atoms with van der Waals surface area (Å²) in [7, 11) is 0. The Bertz CT molecular complexity index is 331. The molecule has 0 radical (unpaired) electrons. The third-order valence-corrected chi connectivity index (χ3v) is 3.98. The monoisotopic (exact) mass is 252 g/mol. The number of thiophene rings is 1. The second-order valence-electron chi connectivity index (χ2n) is 4.66. The predicted octanol–water partition coefficient (Wildman–Crippen LogP) is 2.14. The van der Waals surface area contributed by atoms with E-state index in [9.17, 15) is 4.79 Å². The molecule has 1 aliphatic rings. The number of rotatable bonds is 5. The molecule has 0 bridgehead atoms. The number of piperidine rings is 1. The molecule has 4 heteroatoms. The van der Waals surface area contributed by atoms with E-state index >= 15 is 0 Å². The summed E-state index contributed by atoms with van der Waals surface area (Å²) in [5.74, 6) is 0.873. The Balaban J connectivity index is 1.60. The second-order valence-corrected chi connectivity index (χ2v) is 5.44. The maximum absolute atomic E-state index is 11.7. The van der Waals surface area contributed by atoms with Gasteiger partial charge in [-0.25, -0.2) is 0 Å². The van der Waals surface area contributed by atoms with E-state index in [1.807, 2.05) is 5.38 Å². The number of hydrogen-bond donors (Lipinski definition) is 2.